The molecule has 0 bridgehead atoms. The Kier molecular flexibility index (Phi) is 3.62. The monoisotopic (exact) mass is 193 g/mol. The minimum atomic E-state index is -4.97. The second-order valence-corrected chi connectivity index (χ2v) is 3.74. The first kappa shape index (κ1) is 11.0. The summed E-state index contributed by atoms with van der Waals surface area (Å²) in [5.41, 5.74) is -4.97. The van der Waals surface area contributed by atoms with Gasteiger partial charge in [0.2, 0.25) is 0 Å². The zero-order chi connectivity index (χ0) is 9.12. The van der Waals surface area contributed by atoms with Gasteiger partial charge in [-0.15, -0.1) is 0 Å². The lowest BCUT2D eigenvalue weighted by Gasteiger charge is -2.33. The topological polar surface area (TPSA) is 52.5 Å². The summed E-state index contributed by atoms with van der Waals surface area (Å²) in [6, 6.07) is 0. The zero-order valence-corrected chi connectivity index (χ0v) is 6.67. The molecule has 0 heterocycles. The van der Waals surface area contributed by atoms with E-state index in [-0.39, 0.29) is 6.54 Å². The molecule has 0 aromatic carbocycles. The highest BCUT2D eigenvalue weighted by atomic mass is 32.3. The van der Waals surface area contributed by atoms with Gasteiger partial charge in [-0.25, -0.2) is 4.72 Å². The maximum absolute atomic E-state index is 11.6. The maximum atomic E-state index is 11.6. The molecule has 70 valence electrons. The quantitative estimate of drug-likeness (QED) is 0.643. The molecule has 3 nitrogen and oxygen atoms in total. The first-order chi connectivity index (χ1) is 4.81. The van der Waals surface area contributed by atoms with Crippen molar-refractivity contribution in [2.75, 3.05) is 6.54 Å². The van der Waals surface area contributed by atoms with Crippen molar-refractivity contribution in [2.24, 2.45) is 0 Å². The molecule has 0 rings (SSSR count). The molecule has 0 saturated heterocycles. The molecule has 0 amide bonds. The van der Waals surface area contributed by atoms with E-state index in [0.717, 1.165) is 0 Å². The summed E-state index contributed by atoms with van der Waals surface area (Å²) in [6.07, 6.45) is 0.409. The van der Waals surface area contributed by atoms with E-state index in [1.54, 1.807) is 11.6 Å². The van der Waals surface area contributed by atoms with Crippen LogP contribution in [0.5, 0.6) is 0 Å². The van der Waals surface area contributed by atoms with Crippen molar-refractivity contribution in [3.63, 3.8) is 0 Å². The Morgan fingerprint density at radius 3 is 2.09 bits per heavy atom. The van der Waals surface area contributed by atoms with Gasteiger partial charge in [0, 0.05) is 6.54 Å². The van der Waals surface area contributed by atoms with Crippen LogP contribution in [0.1, 0.15) is 13.3 Å². The Morgan fingerprint density at radius 1 is 1.36 bits per heavy atom. The van der Waals surface area contributed by atoms with Gasteiger partial charge in [-0.05, 0) is 17.2 Å². The second-order valence-electron chi connectivity index (χ2n) is 1.89. The van der Waals surface area contributed by atoms with Crippen LogP contribution in [-0.4, -0.2) is 21.2 Å². The van der Waals surface area contributed by atoms with Gasteiger partial charge in [0.15, 0.2) is 0 Å². The third kappa shape index (κ3) is 3.28. The molecule has 0 saturated carbocycles. The molecular formula is C4H10F3NO2S. The maximum Gasteiger partial charge on any atom is 0.509 e. The molecular weight excluding hydrogens is 183 g/mol. The summed E-state index contributed by atoms with van der Waals surface area (Å²) < 4.78 is 53.3. The Balaban J connectivity index is 4.00. The summed E-state index contributed by atoms with van der Waals surface area (Å²) in [4.78, 5) is 0. The van der Waals surface area contributed by atoms with E-state index >= 15 is 0 Å². The molecule has 7 heteroatoms. The predicted molar refractivity (Wildman–Crippen MR) is 37.2 cm³/mol. The fourth-order valence-corrected chi connectivity index (χ4v) is 0.979. The fraction of sp³-hybridized carbons (Fsp3) is 1.00. The van der Waals surface area contributed by atoms with Crippen LogP contribution < -0.4 is 4.72 Å². The number of rotatable bonds is 3. The molecule has 0 unspecified atom stereocenters. The summed E-state index contributed by atoms with van der Waals surface area (Å²) in [6.45, 7) is 1.56. The molecule has 0 fully saturated rings. The minimum absolute atomic E-state index is 0.0676. The van der Waals surface area contributed by atoms with Crippen molar-refractivity contribution in [2.45, 2.75) is 18.9 Å². The molecule has 0 aliphatic heterocycles. The highest BCUT2D eigenvalue weighted by Gasteiger charge is 2.45. The molecule has 0 spiro atoms. The lowest BCUT2D eigenvalue weighted by atomic mass is 10.5. The van der Waals surface area contributed by atoms with Crippen molar-refractivity contribution in [1.29, 1.82) is 0 Å². The second kappa shape index (κ2) is 3.61. The van der Waals surface area contributed by atoms with Crippen LogP contribution in [0.2, 0.25) is 0 Å². The SMILES string of the molecule is CCCNS(O)(O)C(F)(F)F. The molecule has 0 radical (unpaired) electrons. The van der Waals surface area contributed by atoms with Crippen molar-refractivity contribution < 1.29 is 22.3 Å². The van der Waals surface area contributed by atoms with E-state index in [2.05, 4.69) is 0 Å². The first-order valence-corrected chi connectivity index (χ1v) is 4.45. The number of hydrogen-bond donors (Lipinski definition) is 3. The van der Waals surface area contributed by atoms with E-state index in [9.17, 15) is 13.2 Å². The van der Waals surface area contributed by atoms with Gasteiger partial charge >= 0.3 is 5.51 Å². The minimum Gasteiger partial charge on any atom is -0.279 e. The molecule has 0 aliphatic carbocycles. The Bertz CT molecular complexity index is 127. The lowest BCUT2D eigenvalue weighted by Crippen LogP contribution is -2.32. The highest BCUT2D eigenvalue weighted by molar-refractivity contribution is 8.23. The van der Waals surface area contributed by atoms with Crippen molar-refractivity contribution in [3.05, 3.63) is 0 Å². The molecule has 0 aromatic rings. The summed E-state index contributed by atoms with van der Waals surface area (Å²) >= 11 is 0. The smallest absolute Gasteiger partial charge is 0.279 e. The van der Waals surface area contributed by atoms with Crippen molar-refractivity contribution >= 4 is 10.8 Å². The average molecular weight is 193 g/mol. The van der Waals surface area contributed by atoms with Crippen LogP contribution in [0.3, 0.4) is 0 Å². The molecule has 0 atom stereocenters. The molecule has 11 heavy (non-hydrogen) atoms. The number of halogens is 3. The highest BCUT2D eigenvalue weighted by Crippen LogP contribution is 2.51. The molecule has 0 aromatic heterocycles. The fourth-order valence-electron chi connectivity index (χ4n) is 0.326. The standard InChI is InChI=1S/C4H10F3NO2S/c1-2-3-8-11(9,10)4(5,6)7/h8-10H,2-3H2,1H3. The van der Waals surface area contributed by atoms with Gasteiger partial charge in [-0.3, -0.25) is 9.11 Å². The zero-order valence-electron chi connectivity index (χ0n) is 5.85. The van der Waals surface area contributed by atoms with Crippen molar-refractivity contribution in [1.82, 2.24) is 4.72 Å². The van der Waals surface area contributed by atoms with E-state index < -0.39 is 16.3 Å². The molecule has 3 N–H and O–H groups in total. The van der Waals surface area contributed by atoms with E-state index in [1.807, 2.05) is 0 Å². The average Bonchev–Trinajstić information content (AvgIpc) is 1.81. The van der Waals surface area contributed by atoms with E-state index in [1.165, 1.54) is 0 Å². The van der Waals surface area contributed by atoms with Crippen LogP contribution in [0.25, 0.3) is 0 Å². The number of hydrogen-bond acceptors (Lipinski definition) is 3. The summed E-state index contributed by atoms with van der Waals surface area (Å²) in [7, 11) is -4.61. The third-order valence-corrected chi connectivity index (χ3v) is 2.13. The Labute approximate surface area is 64.1 Å². The number of alkyl halides is 3. The van der Waals surface area contributed by atoms with Gasteiger partial charge in [-0.1, -0.05) is 6.92 Å². The predicted octanol–water partition coefficient (Wildman–Crippen LogP) is 2.17. The number of nitrogens with one attached hydrogen (secondary N) is 1. The van der Waals surface area contributed by atoms with Gasteiger partial charge in [-0.2, -0.15) is 13.2 Å². The van der Waals surface area contributed by atoms with Crippen LogP contribution in [0.4, 0.5) is 13.2 Å². The normalized spacial score (nSPS) is 15.1. The largest absolute Gasteiger partial charge is 0.509 e. The molecule has 0 aliphatic rings. The van der Waals surface area contributed by atoms with Crippen LogP contribution >= 0.6 is 10.8 Å². The summed E-state index contributed by atoms with van der Waals surface area (Å²) in [5.74, 6) is 0. The third-order valence-electron chi connectivity index (χ3n) is 0.876. The lowest BCUT2D eigenvalue weighted by molar-refractivity contribution is -0.0542. The first-order valence-electron chi connectivity index (χ1n) is 2.90. The van der Waals surface area contributed by atoms with Crippen LogP contribution in [0.15, 0.2) is 0 Å². The Morgan fingerprint density at radius 2 is 1.82 bits per heavy atom. The van der Waals surface area contributed by atoms with Gasteiger partial charge in [0.1, 0.15) is 0 Å². The van der Waals surface area contributed by atoms with Gasteiger partial charge < -0.3 is 0 Å². The van der Waals surface area contributed by atoms with Gasteiger partial charge in [0.25, 0.3) is 0 Å². The Hall–Kier alpha value is 0.0200. The van der Waals surface area contributed by atoms with Gasteiger partial charge in [0.05, 0.1) is 0 Å². The van der Waals surface area contributed by atoms with E-state index in [0.29, 0.717) is 6.42 Å². The van der Waals surface area contributed by atoms with Crippen LogP contribution in [-0.2, 0) is 0 Å². The van der Waals surface area contributed by atoms with E-state index in [4.69, 9.17) is 9.11 Å². The van der Waals surface area contributed by atoms with Crippen LogP contribution in [0, 0.1) is 0 Å². The summed E-state index contributed by atoms with van der Waals surface area (Å²) in [5, 5.41) is 0. The van der Waals surface area contributed by atoms with Crippen molar-refractivity contribution in [3.8, 4) is 0 Å².